The highest BCUT2D eigenvalue weighted by Crippen LogP contribution is 2.44. The maximum absolute atomic E-state index is 12.2. The SMILES string of the molecule is C[C@@]12C=CCC[C@@H]1S(=O)C[C@@H]2OC(=O)c1ccccc1. The van der Waals surface area contributed by atoms with Gasteiger partial charge in [0.1, 0.15) is 6.10 Å². The minimum absolute atomic E-state index is 0.112. The first-order valence-corrected chi connectivity index (χ1v) is 8.30. The molecule has 1 unspecified atom stereocenters. The number of fused-ring (bicyclic) bond motifs is 1. The molecule has 1 aromatic rings. The van der Waals surface area contributed by atoms with Gasteiger partial charge in [0.25, 0.3) is 0 Å². The number of hydrogen-bond donors (Lipinski definition) is 0. The lowest BCUT2D eigenvalue weighted by Gasteiger charge is -2.34. The number of carbonyl (C=O) groups is 1. The normalized spacial score (nSPS) is 35.5. The second-order valence-electron chi connectivity index (χ2n) is 5.64. The lowest BCUT2D eigenvalue weighted by Crippen LogP contribution is -2.39. The summed E-state index contributed by atoms with van der Waals surface area (Å²) in [5, 5.41) is 0.112. The second-order valence-corrected chi connectivity index (χ2v) is 7.31. The molecule has 0 saturated carbocycles. The van der Waals surface area contributed by atoms with Crippen LogP contribution in [0.5, 0.6) is 0 Å². The molecule has 2 aliphatic rings. The molecule has 0 bridgehead atoms. The molecule has 1 aliphatic heterocycles. The van der Waals surface area contributed by atoms with Crippen LogP contribution >= 0.6 is 0 Å². The van der Waals surface area contributed by atoms with Gasteiger partial charge in [-0.25, -0.2) is 4.79 Å². The van der Waals surface area contributed by atoms with Gasteiger partial charge in [-0.15, -0.1) is 0 Å². The molecule has 106 valence electrons. The van der Waals surface area contributed by atoms with Crippen molar-refractivity contribution >= 4 is 16.8 Å². The minimum atomic E-state index is -0.910. The van der Waals surface area contributed by atoms with E-state index in [1.807, 2.05) is 18.2 Å². The summed E-state index contributed by atoms with van der Waals surface area (Å²) >= 11 is 0. The van der Waals surface area contributed by atoms with Crippen molar-refractivity contribution in [3.8, 4) is 0 Å². The van der Waals surface area contributed by atoms with Crippen molar-refractivity contribution in [1.29, 1.82) is 0 Å². The van der Waals surface area contributed by atoms with Gasteiger partial charge in [0.2, 0.25) is 0 Å². The van der Waals surface area contributed by atoms with Crippen LogP contribution in [0.1, 0.15) is 30.1 Å². The quantitative estimate of drug-likeness (QED) is 0.621. The van der Waals surface area contributed by atoms with Gasteiger partial charge < -0.3 is 4.74 Å². The van der Waals surface area contributed by atoms with Crippen LogP contribution in [0, 0.1) is 5.41 Å². The summed E-state index contributed by atoms with van der Waals surface area (Å²) in [6, 6.07) is 8.97. The summed E-state index contributed by atoms with van der Waals surface area (Å²) in [6.45, 7) is 2.06. The average molecular weight is 290 g/mol. The maximum atomic E-state index is 12.2. The van der Waals surface area contributed by atoms with Crippen molar-refractivity contribution in [2.45, 2.75) is 31.1 Å². The first-order valence-electron chi connectivity index (χ1n) is 6.92. The van der Waals surface area contributed by atoms with E-state index in [2.05, 4.69) is 19.1 Å². The average Bonchev–Trinajstić information content (AvgIpc) is 2.71. The molecule has 1 fully saturated rings. The summed E-state index contributed by atoms with van der Waals surface area (Å²) in [5.74, 6) is 0.123. The molecule has 0 aromatic heterocycles. The molecule has 1 heterocycles. The lowest BCUT2D eigenvalue weighted by atomic mass is 9.76. The fourth-order valence-corrected chi connectivity index (χ4v) is 5.26. The Morgan fingerprint density at radius 3 is 2.85 bits per heavy atom. The van der Waals surface area contributed by atoms with E-state index in [0.29, 0.717) is 11.3 Å². The van der Waals surface area contributed by atoms with Gasteiger partial charge >= 0.3 is 5.97 Å². The third-order valence-electron chi connectivity index (χ3n) is 4.35. The Balaban J connectivity index is 1.81. The summed E-state index contributed by atoms with van der Waals surface area (Å²) in [4.78, 5) is 12.2. The molecule has 0 spiro atoms. The van der Waals surface area contributed by atoms with Crippen molar-refractivity contribution in [3.05, 3.63) is 48.0 Å². The van der Waals surface area contributed by atoms with Crippen molar-refractivity contribution < 1.29 is 13.7 Å². The van der Waals surface area contributed by atoms with Gasteiger partial charge in [-0.3, -0.25) is 4.21 Å². The molecule has 20 heavy (non-hydrogen) atoms. The summed E-state index contributed by atoms with van der Waals surface area (Å²) in [6.07, 6.45) is 5.79. The number of hydrogen-bond acceptors (Lipinski definition) is 3. The number of benzene rings is 1. The Labute approximate surface area is 121 Å². The fraction of sp³-hybridized carbons (Fsp3) is 0.438. The van der Waals surface area contributed by atoms with Crippen LogP contribution in [0.3, 0.4) is 0 Å². The molecule has 4 atom stereocenters. The van der Waals surface area contributed by atoms with Crippen LogP contribution in [-0.2, 0) is 15.5 Å². The third-order valence-corrected chi connectivity index (χ3v) is 6.36. The van der Waals surface area contributed by atoms with Crippen molar-refractivity contribution in [3.63, 3.8) is 0 Å². The Bertz CT molecular complexity index is 566. The lowest BCUT2D eigenvalue weighted by molar-refractivity contribution is 0.0115. The molecule has 3 rings (SSSR count). The van der Waals surface area contributed by atoms with Crippen LogP contribution in [0.15, 0.2) is 42.5 Å². The van der Waals surface area contributed by atoms with Crippen LogP contribution < -0.4 is 0 Å². The first kappa shape index (κ1) is 13.6. The van der Waals surface area contributed by atoms with E-state index in [9.17, 15) is 9.00 Å². The molecule has 3 nitrogen and oxygen atoms in total. The summed E-state index contributed by atoms with van der Waals surface area (Å²) < 4.78 is 17.9. The Hall–Kier alpha value is -1.42. The largest absolute Gasteiger partial charge is 0.457 e. The van der Waals surface area contributed by atoms with Gasteiger partial charge in [-0.05, 0) is 25.0 Å². The topological polar surface area (TPSA) is 43.4 Å². The van der Waals surface area contributed by atoms with E-state index in [1.165, 1.54) is 0 Å². The molecule has 1 aromatic carbocycles. The molecular weight excluding hydrogens is 272 g/mol. The van der Waals surface area contributed by atoms with Crippen molar-refractivity contribution in [1.82, 2.24) is 0 Å². The predicted octanol–water partition coefficient (Wildman–Crippen LogP) is 2.70. The zero-order valence-corrected chi connectivity index (χ0v) is 12.3. The Morgan fingerprint density at radius 1 is 1.35 bits per heavy atom. The highest BCUT2D eigenvalue weighted by atomic mass is 32.2. The summed E-state index contributed by atoms with van der Waals surface area (Å²) in [7, 11) is -0.910. The molecule has 0 radical (unpaired) electrons. The van der Waals surface area contributed by atoms with E-state index in [1.54, 1.807) is 12.1 Å². The standard InChI is InChI=1S/C16H18O3S/c1-16-10-6-5-9-14(16)20(18)11-13(16)19-15(17)12-7-3-2-4-8-12/h2-4,6-8,10,13-14H,5,9,11H2,1H3/t13-,14-,16-,20?/m0/s1. The van der Waals surface area contributed by atoms with Gasteiger partial charge in [-0.2, -0.15) is 0 Å². The second kappa shape index (κ2) is 5.17. The zero-order valence-electron chi connectivity index (χ0n) is 11.5. The van der Waals surface area contributed by atoms with Crippen LogP contribution in [0.2, 0.25) is 0 Å². The van der Waals surface area contributed by atoms with Gasteiger partial charge in [-0.1, -0.05) is 37.3 Å². The number of carbonyl (C=O) groups excluding carboxylic acids is 1. The van der Waals surface area contributed by atoms with Gasteiger partial charge in [0, 0.05) is 21.5 Å². The van der Waals surface area contributed by atoms with E-state index in [0.717, 1.165) is 12.8 Å². The molecular formula is C16H18O3S. The smallest absolute Gasteiger partial charge is 0.338 e. The number of rotatable bonds is 2. The minimum Gasteiger partial charge on any atom is -0.457 e. The fourth-order valence-electron chi connectivity index (χ4n) is 3.11. The van der Waals surface area contributed by atoms with E-state index >= 15 is 0 Å². The highest BCUT2D eigenvalue weighted by Gasteiger charge is 2.52. The number of esters is 1. The molecule has 4 heteroatoms. The van der Waals surface area contributed by atoms with Gasteiger partial charge in [0.15, 0.2) is 0 Å². The van der Waals surface area contributed by atoms with E-state index < -0.39 is 10.8 Å². The number of allylic oxidation sites excluding steroid dienone is 1. The molecule has 0 amide bonds. The number of ether oxygens (including phenoxy) is 1. The predicted molar refractivity (Wildman–Crippen MR) is 78.9 cm³/mol. The van der Waals surface area contributed by atoms with Crippen molar-refractivity contribution in [2.75, 3.05) is 5.75 Å². The van der Waals surface area contributed by atoms with Crippen molar-refractivity contribution in [2.24, 2.45) is 5.41 Å². The van der Waals surface area contributed by atoms with Gasteiger partial charge in [0.05, 0.1) is 11.3 Å². The Morgan fingerprint density at radius 2 is 2.10 bits per heavy atom. The van der Waals surface area contributed by atoms with E-state index in [4.69, 9.17) is 4.74 Å². The molecule has 0 N–H and O–H groups in total. The zero-order chi connectivity index (χ0) is 14.2. The molecule has 1 aliphatic carbocycles. The maximum Gasteiger partial charge on any atom is 0.338 e. The van der Waals surface area contributed by atoms with Crippen LogP contribution in [-0.4, -0.2) is 27.3 Å². The monoisotopic (exact) mass is 290 g/mol. The Kier molecular flexibility index (Phi) is 3.50. The van der Waals surface area contributed by atoms with E-state index in [-0.39, 0.29) is 22.7 Å². The third kappa shape index (κ3) is 2.22. The highest BCUT2D eigenvalue weighted by molar-refractivity contribution is 7.86. The van der Waals surface area contributed by atoms with Crippen LogP contribution in [0.4, 0.5) is 0 Å². The first-order chi connectivity index (χ1) is 9.61. The van der Waals surface area contributed by atoms with Crippen LogP contribution in [0.25, 0.3) is 0 Å². The molecule has 1 saturated heterocycles. The summed E-state index contributed by atoms with van der Waals surface area (Å²) in [5.41, 5.74) is 0.262.